The van der Waals surface area contributed by atoms with Crippen LogP contribution in [0.1, 0.15) is 16.8 Å². The molecule has 1 aromatic carbocycles. The zero-order valence-electron chi connectivity index (χ0n) is 12.9. The van der Waals surface area contributed by atoms with Crippen molar-refractivity contribution in [3.63, 3.8) is 0 Å². The second-order valence-corrected chi connectivity index (χ2v) is 5.49. The van der Waals surface area contributed by atoms with Crippen LogP contribution in [0.4, 0.5) is 10.6 Å². The van der Waals surface area contributed by atoms with Crippen LogP contribution in [0.3, 0.4) is 0 Å². The molecule has 0 fully saturated rings. The first-order valence-electron chi connectivity index (χ1n) is 7.63. The lowest BCUT2D eigenvalue weighted by Crippen LogP contribution is -2.30. The summed E-state index contributed by atoms with van der Waals surface area (Å²) in [5.41, 5.74) is 3.40. The molecular weight excluding hydrogens is 292 g/mol. The van der Waals surface area contributed by atoms with E-state index in [1.165, 1.54) is 11.6 Å². The van der Waals surface area contributed by atoms with Gasteiger partial charge in [0.05, 0.1) is 5.69 Å². The molecule has 23 heavy (non-hydrogen) atoms. The number of carbonyl (C=O) groups excluding carboxylic acids is 1. The minimum atomic E-state index is -0.508. The maximum absolute atomic E-state index is 11.6. The number of aromatic nitrogens is 2. The van der Waals surface area contributed by atoms with Gasteiger partial charge in [-0.3, -0.25) is 15.3 Å². The largest absolute Gasteiger partial charge is 0.445 e. The van der Waals surface area contributed by atoms with E-state index in [1.807, 2.05) is 6.07 Å². The van der Waals surface area contributed by atoms with Crippen molar-refractivity contribution in [2.75, 3.05) is 18.5 Å². The van der Waals surface area contributed by atoms with Crippen molar-refractivity contribution in [2.45, 2.75) is 19.5 Å². The molecule has 0 atom stereocenters. The molecule has 2 aromatic rings. The van der Waals surface area contributed by atoms with Gasteiger partial charge in [0.1, 0.15) is 6.61 Å². The van der Waals surface area contributed by atoms with Crippen molar-refractivity contribution in [1.82, 2.24) is 15.1 Å². The summed E-state index contributed by atoms with van der Waals surface area (Å²) in [4.78, 5) is 14.0. The molecule has 6 nitrogen and oxygen atoms in total. The predicted molar refractivity (Wildman–Crippen MR) is 88.0 cm³/mol. The molecule has 6 heteroatoms. The summed E-state index contributed by atoms with van der Waals surface area (Å²) in [5, 5.41) is 9.90. The SMILES string of the molecule is C=CCOC(=O)Nc1n[nH]c2c1CCN(Cc1ccccc1)C2. The number of nitrogens with one attached hydrogen (secondary N) is 2. The van der Waals surface area contributed by atoms with E-state index >= 15 is 0 Å². The summed E-state index contributed by atoms with van der Waals surface area (Å²) in [6.07, 6.45) is 1.86. The highest BCUT2D eigenvalue weighted by Crippen LogP contribution is 2.24. The Kier molecular flexibility index (Phi) is 4.73. The van der Waals surface area contributed by atoms with Gasteiger partial charge in [0.25, 0.3) is 0 Å². The standard InChI is InChI=1S/C17H20N4O2/c1-2-10-23-17(22)18-16-14-8-9-21(12-15(14)19-20-16)11-13-6-4-3-5-7-13/h2-7H,1,8-12H2,(H2,18,19,20,22). The summed E-state index contributed by atoms with van der Waals surface area (Å²) in [6, 6.07) is 10.4. The molecule has 2 N–H and O–H groups in total. The van der Waals surface area contributed by atoms with Crippen LogP contribution in [0.15, 0.2) is 43.0 Å². The highest BCUT2D eigenvalue weighted by molar-refractivity contribution is 5.84. The Hall–Kier alpha value is -2.60. The van der Waals surface area contributed by atoms with Crippen molar-refractivity contribution in [2.24, 2.45) is 0 Å². The van der Waals surface area contributed by atoms with Crippen LogP contribution in [-0.4, -0.2) is 34.3 Å². The Morgan fingerprint density at radius 1 is 1.43 bits per heavy atom. The molecule has 0 saturated carbocycles. The van der Waals surface area contributed by atoms with Crippen LogP contribution in [-0.2, 0) is 24.2 Å². The molecule has 2 heterocycles. The average molecular weight is 312 g/mol. The van der Waals surface area contributed by atoms with E-state index in [-0.39, 0.29) is 6.61 Å². The van der Waals surface area contributed by atoms with Crippen molar-refractivity contribution in [3.8, 4) is 0 Å². The van der Waals surface area contributed by atoms with Crippen molar-refractivity contribution < 1.29 is 9.53 Å². The fraction of sp³-hybridized carbons (Fsp3) is 0.294. The van der Waals surface area contributed by atoms with E-state index in [9.17, 15) is 4.79 Å². The molecule has 0 radical (unpaired) electrons. The normalized spacial score (nSPS) is 14.1. The fourth-order valence-corrected chi connectivity index (χ4v) is 2.72. The van der Waals surface area contributed by atoms with Gasteiger partial charge in [-0.2, -0.15) is 5.10 Å². The molecule has 1 amide bonds. The van der Waals surface area contributed by atoms with E-state index in [0.717, 1.165) is 37.3 Å². The van der Waals surface area contributed by atoms with Crippen LogP contribution in [0.25, 0.3) is 0 Å². The number of H-pyrrole nitrogens is 1. The minimum Gasteiger partial charge on any atom is -0.445 e. The first-order chi connectivity index (χ1) is 11.3. The molecule has 1 aliphatic rings. The number of rotatable bonds is 5. The Bertz CT molecular complexity index is 681. The molecule has 0 bridgehead atoms. The smallest absolute Gasteiger partial charge is 0.413 e. The lowest BCUT2D eigenvalue weighted by atomic mass is 10.1. The number of fused-ring (bicyclic) bond motifs is 1. The molecule has 0 spiro atoms. The van der Waals surface area contributed by atoms with Gasteiger partial charge in [-0.15, -0.1) is 0 Å². The second-order valence-electron chi connectivity index (χ2n) is 5.49. The van der Waals surface area contributed by atoms with E-state index in [1.54, 1.807) is 0 Å². The molecule has 0 saturated heterocycles. The van der Waals surface area contributed by atoms with Crippen molar-refractivity contribution in [3.05, 3.63) is 59.8 Å². The van der Waals surface area contributed by atoms with Gasteiger partial charge < -0.3 is 4.74 Å². The molecule has 120 valence electrons. The number of nitrogens with zero attached hydrogens (tertiary/aromatic N) is 2. The molecule has 0 unspecified atom stereocenters. The van der Waals surface area contributed by atoms with E-state index in [2.05, 4.69) is 51.3 Å². The molecule has 1 aliphatic heterocycles. The Morgan fingerprint density at radius 3 is 3.04 bits per heavy atom. The van der Waals surface area contributed by atoms with E-state index in [4.69, 9.17) is 4.74 Å². The zero-order chi connectivity index (χ0) is 16.1. The van der Waals surface area contributed by atoms with Gasteiger partial charge in [0.2, 0.25) is 0 Å². The van der Waals surface area contributed by atoms with E-state index < -0.39 is 6.09 Å². The monoisotopic (exact) mass is 312 g/mol. The highest BCUT2D eigenvalue weighted by atomic mass is 16.5. The summed E-state index contributed by atoms with van der Waals surface area (Å²) in [5.74, 6) is 0.563. The molecule has 1 aromatic heterocycles. The lowest BCUT2D eigenvalue weighted by molar-refractivity contribution is 0.174. The van der Waals surface area contributed by atoms with Crippen molar-refractivity contribution in [1.29, 1.82) is 0 Å². The number of aromatic amines is 1. The number of ether oxygens (including phenoxy) is 1. The summed E-state index contributed by atoms with van der Waals surface area (Å²) >= 11 is 0. The second kappa shape index (κ2) is 7.11. The topological polar surface area (TPSA) is 70.2 Å². The maximum Gasteiger partial charge on any atom is 0.413 e. The average Bonchev–Trinajstić information content (AvgIpc) is 2.96. The number of hydrogen-bond acceptors (Lipinski definition) is 4. The Morgan fingerprint density at radius 2 is 2.26 bits per heavy atom. The number of anilines is 1. The van der Waals surface area contributed by atoms with E-state index in [0.29, 0.717) is 5.82 Å². The van der Waals surface area contributed by atoms with Crippen LogP contribution >= 0.6 is 0 Å². The summed E-state index contributed by atoms with van der Waals surface area (Å²) < 4.78 is 4.92. The van der Waals surface area contributed by atoms with Gasteiger partial charge in [-0.1, -0.05) is 43.0 Å². The lowest BCUT2D eigenvalue weighted by Gasteiger charge is -2.26. The molecule has 0 aliphatic carbocycles. The molecule has 3 rings (SSSR count). The van der Waals surface area contributed by atoms with Gasteiger partial charge in [-0.05, 0) is 12.0 Å². The first kappa shape index (κ1) is 15.3. The van der Waals surface area contributed by atoms with Crippen LogP contribution < -0.4 is 5.32 Å². The fourth-order valence-electron chi connectivity index (χ4n) is 2.72. The highest BCUT2D eigenvalue weighted by Gasteiger charge is 2.23. The number of carbonyl (C=O) groups is 1. The third kappa shape index (κ3) is 3.78. The van der Waals surface area contributed by atoms with Gasteiger partial charge in [0, 0.05) is 25.2 Å². The van der Waals surface area contributed by atoms with Crippen LogP contribution in [0.5, 0.6) is 0 Å². The number of benzene rings is 1. The quantitative estimate of drug-likeness (QED) is 0.833. The summed E-state index contributed by atoms with van der Waals surface area (Å²) in [7, 11) is 0. The number of hydrogen-bond donors (Lipinski definition) is 2. The zero-order valence-corrected chi connectivity index (χ0v) is 12.9. The van der Waals surface area contributed by atoms with Crippen LogP contribution in [0, 0.1) is 0 Å². The summed E-state index contributed by atoms with van der Waals surface area (Å²) in [6.45, 7) is 6.32. The minimum absolute atomic E-state index is 0.184. The van der Waals surface area contributed by atoms with Crippen molar-refractivity contribution >= 4 is 11.9 Å². The van der Waals surface area contributed by atoms with Crippen LogP contribution in [0.2, 0.25) is 0 Å². The third-order valence-corrected chi connectivity index (χ3v) is 3.81. The Balaban J connectivity index is 1.62. The maximum atomic E-state index is 11.6. The number of amides is 1. The first-order valence-corrected chi connectivity index (χ1v) is 7.63. The van der Waals surface area contributed by atoms with Gasteiger partial charge in [0.15, 0.2) is 5.82 Å². The Labute approximate surface area is 135 Å². The molecular formula is C17H20N4O2. The third-order valence-electron chi connectivity index (χ3n) is 3.81. The van der Waals surface area contributed by atoms with Gasteiger partial charge in [-0.25, -0.2) is 4.79 Å². The van der Waals surface area contributed by atoms with Gasteiger partial charge >= 0.3 is 6.09 Å². The predicted octanol–water partition coefficient (Wildman–Crippen LogP) is 2.70.